The zero-order valence-electron chi connectivity index (χ0n) is 45.3. The van der Waals surface area contributed by atoms with Gasteiger partial charge in [-0.25, -0.2) is 19.2 Å². The minimum atomic E-state index is -2.54. The van der Waals surface area contributed by atoms with Gasteiger partial charge in [0.05, 0.1) is 35.1 Å². The SMILES string of the molecule is CC(=O)O[C@H]1C(=O)[C@]2(C)[C@@H](OC(=O)c3cccc(NC(=O)OCc4ccccc4)c3)C[C@H]3OC[C@@]3(OC(C)=O)[C@H]2[C@H](OC(=O)c2ccccc2)[C@]2(O)C[C@H](OC(=O)[C@H](O)[C@@H](NC(=O)c3ccccc3)c3ccccc3)C(C)=C1C2(C)C. The average molecular weight is 1110 g/mol. The summed E-state index contributed by atoms with van der Waals surface area (Å²) in [6.07, 6.45) is -12.2. The van der Waals surface area contributed by atoms with E-state index in [4.69, 9.17) is 33.2 Å². The Hall–Kier alpha value is -8.52. The van der Waals surface area contributed by atoms with Gasteiger partial charge in [0.2, 0.25) is 0 Å². The van der Waals surface area contributed by atoms with Gasteiger partial charge in [0, 0.05) is 43.4 Å². The van der Waals surface area contributed by atoms with E-state index in [0.29, 0.717) is 5.56 Å². The predicted molar refractivity (Wildman–Crippen MR) is 288 cm³/mol. The van der Waals surface area contributed by atoms with Gasteiger partial charge in [0.25, 0.3) is 5.91 Å². The van der Waals surface area contributed by atoms with Crippen LogP contribution < -0.4 is 10.6 Å². The van der Waals surface area contributed by atoms with Gasteiger partial charge in [-0.15, -0.1) is 0 Å². The summed E-state index contributed by atoms with van der Waals surface area (Å²) in [5.74, 6) is -8.42. The van der Waals surface area contributed by atoms with E-state index in [1.807, 2.05) is 6.07 Å². The minimum Gasteiger partial charge on any atom is -0.458 e. The lowest BCUT2D eigenvalue weighted by atomic mass is 9.44. The number of ether oxygens (including phenoxy) is 7. The number of esters is 5. The molecule has 1 aliphatic heterocycles. The first-order valence-electron chi connectivity index (χ1n) is 26.4. The van der Waals surface area contributed by atoms with Gasteiger partial charge < -0.3 is 48.7 Å². The number of hydrogen-bond donors (Lipinski definition) is 4. The maximum absolute atomic E-state index is 16.4. The van der Waals surface area contributed by atoms with E-state index in [-0.39, 0.29) is 46.6 Å². The van der Waals surface area contributed by atoms with E-state index in [1.165, 1.54) is 64.1 Å². The van der Waals surface area contributed by atoms with Gasteiger partial charge in [-0.2, -0.15) is 0 Å². The van der Waals surface area contributed by atoms with Crippen LogP contribution >= 0.6 is 0 Å². The first kappa shape index (κ1) is 57.2. The van der Waals surface area contributed by atoms with E-state index < -0.39 is 131 Å². The summed E-state index contributed by atoms with van der Waals surface area (Å²) in [6.45, 7) is 7.68. The molecular weight excluding hydrogens is 1040 g/mol. The van der Waals surface area contributed by atoms with Gasteiger partial charge in [0.1, 0.15) is 36.6 Å². The normalized spacial score (nSPS) is 26.8. The highest BCUT2D eigenvalue weighted by Gasteiger charge is 2.79. The fourth-order valence-electron chi connectivity index (χ4n) is 12.1. The van der Waals surface area contributed by atoms with E-state index >= 15 is 4.79 Å². The Kier molecular flexibility index (Phi) is 16.2. The molecular formula is C62H62N2O17. The second-order valence-corrected chi connectivity index (χ2v) is 21.5. The van der Waals surface area contributed by atoms with E-state index in [2.05, 4.69) is 10.6 Å². The van der Waals surface area contributed by atoms with Crippen molar-refractivity contribution in [1.82, 2.24) is 5.32 Å². The van der Waals surface area contributed by atoms with Gasteiger partial charge in [-0.1, -0.05) is 117 Å². The molecule has 3 aliphatic carbocycles. The van der Waals surface area contributed by atoms with Gasteiger partial charge in [-0.05, 0) is 78.6 Å². The molecule has 5 aromatic carbocycles. The van der Waals surface area contributed by atoms with Crippen LogP contribution in [0.15, 0.2) is 157 Å². The van der Waals surface area contributed by atoms with Crippen LogP contribution in [0.5, 0.6) is 0 Å². The maximum Gasteiger partial charge on any atom is 0.411 e. The summed E-state index contributed by atoms with van der Waals surface area (Å²) in [6, 6.07) is 37.3. The highest BCUT2D eigenvalue weighted by Crippen LogP contribution is 2.65. The molecule has 0 radical (unpaired) electrons. The van der Waals surface area contributed by atoms with Crippen LogP contribution in [-0.4, -0.2) is 112 Å². The van der Waals surface area contributed by atoms with Crippen LogP contribution in [0, 0.1) is 16.7 Å². The smallest absolute Gasteiger partial charge is 0.411 e. The number of hydrogen-bond acceptors (Lipinski definition) is 17. The Labute approximate surface area is 466 Å². The molecule has 4 aliphatic rings. The Morgan fingerprint density at radius 3 is 1.91 bits per heavy atom. The fourth-order valence-corrected chi connectivity index (χ4v) is 12.1. The second kappa shape index (κ2) is 22.9. The molecule has 2 bridgehead atoms. The third-order valence-corrected chi connectivity index (χ3v) is 16.3. The number of benzene rings is 5. The summed E-state index contributed by atoms with van der Waals surface area (Å²) in [5, 5.41) is 31.5. The van der Waals surface area contributed by atoms with Crippen molar-refractivity contribution in [3.63, 3.8) is 0 Å². The minimum absolute atomic E-state index is 0.00400. The first-order valence-corrected chi connectivity index (χ1v) is 26.4. The van der Waals surface area contributed by atoms with Crippen molar-refractivity contribution in [3.8, 4) is 0 Å². The number of aliphatic hydroxyl groups is 2. The third kappa shape index (κ3) is 11.0. The molecule has 0 unspecified atom stereocenters. The molecule has 1 saturated heterocycles. The maximum atomic E-state index is 16.4. The Morgan fingerprint density at radius 2 is 1.31 bits per heavy atom. The standard InChI is InChI=1S/C62H62N2O17/c1-35-44(78-57(72)49(67)48(39-22-13-8-14-23-39)64-54(69)40-24-15-9-16-25-40)32-62(74)53(80-55(70)41-26-17-10-18-27-41)51-60(6,52(68)50(77-36(2)65)47(35)59(62,4)5)45(31-46-61(51,34-76-46)81-37(3)66)79-56(71)42-28-19-29-43(30-42)63-58(73)75-33-38-20-11-7-12-21-38/h7-30,44-46,48-51,53,67,74H,31-34H2,1-6H3,(H,63,73)(H,64,69)/t44-,45-,46+,48-,49+,50+,51-,53-,60+,61-,62+/m0/s1. The summed E-state index contributed by atoms with van der Waals surface area (Å²) in [4.78, 5) is 114. The topological polar surface area (TPSA) is 266 Å². The fraction of sp³-hybridized carbons (Fsp3) is 0.355. The predicted octanol–water partition coefficient (Wildman–Crippen LogP) is 7.35. The number of carbonyl (C=O) groups excluding carboxylic acids is 8. The number of ketones is 1. The van der Waals surface area contributed by atoms with E-state index in [1.54, 1.807) is 103 Å². The van der Waals surface area contributed by atoms with Crippen molar-refractivity contribution in [3.05, 3.63) is 185 Å². The molecule has 0 aromatic heterocycles. The van der Waals surface area contributed by atoms with Gasteiger partial charge in [-0.3, -0.25) is 24.5 Å². The number of amides is 2. The molecule has 2 amide bonds. The Balaban J connectivity index is 1.15. The van der Waals surface area contributed by atoms with Gasteiger partial charge >= 0.3 is 35.9 Å². The number of fused-ring (bicyclic) bond motifs is 5. The molecule has 11 atom stereocenters. The zero-order chi connectivity index (χ0) is 58.0. The third-order valence-electron chi connectivity index (χ3n) is 16.3. The van der Waals surface area contributed by atoms with Crippen LogP contribution in [0.2, 0.25) is 0 Å². The molecule has 19 nitrogen and oxygen atoms in total. The molecule has 2 saturated carbocycles. The number of Topliss-reactive ketones (excluding diaryl/α,β-unsaturated/α-hetero) is 1. The van der Waals surface area contributed by atoms with Crippen molar-refractivity contribution < 1.29 is 81.7 Å². The van der Waals surface area contributed by atoms with Crippen LogP contribution in [0.4, 0.5) is 10.5 Å². The van der Waals surface area contributed by atoms with E-state index in [9.17, 15) is 43.8 Å². The average Bonchev–Trinajstić information content (AvgIpc) is 1.24. The summed E-state index contributed by atoms with van der Waals surface area (Å²) in [5.41, 5.74) is -7.18. The van der Waals surface area contributed by atoms with Crippen LogP contribution in [0.3, 0.4) is 0 Å². The Bertz CT molecular complexity index is 3260. The lowest BCUT2D eigenvalue weighted by Crippen LogP contribution is -2.82. The summed E-state index contributed by atoms with van der Waals surface area (Å²) in [7, 11) is 0. The lowest BCUT2D eigenvalue weighted by molar-refractivity contribution is -0.345. The number of rotatable bonds is 15. The molecule has 81 heavy (non-hydrogen) atoms. The number of nitrogens with one attached hydrogen (secondary N) is 2. The monoisotopic (exact) mass is 1110 g/mol. The summed E-state index contributed by atoms with van der Waals surface area (Å²) < 4.78 is 43.1. The lowest BCUT2D eigenvalue weighted by Gasteiger charge is -2.67. The quantitative estimate of drug-likeness (QED) is 0.0453. The number of carbonyl (C=O) groups is 8. The molecule has 3 fully saturated rings. The van der Waals surface area contributed by atoms with Crippen LogP contribution in [0.1, 0.15) is 103 Å². The van der Waals surface area contributed by atoms with Crippen molar-refractivity contribution >= 4 is 53.3 Å². The van der Waals surface area contributed by atoms with Crippen molar-refractivity contribution in [1.29, 1.82) is 0 Å². The summed E-state index contributed by atoms with van der Waals surface area (Å²) >= 11 is 0. The second-order valence-electron chi connectivity index (χ2n) is 21.5. The Morgan fingerprint density at radius 1 is 0.716 bits per heavy atom. The van der Waals surface area contributed by atoms with Crippen molar-refractivity contribution in [2.75, 3.05) is 11.9 Å². The van der Waals surface area contributed by atoms with Crippen LogP contribution in [0.25, 0.3) is 0 Å². The highest BCUT2D eigenvalue weighted by molar-refractivity contribution is 5.98. The van der Waals surface area contributed by atoms with Crippen molar-refractivity contribution in [2.45, 2.75) is 115 Å². The van der Waals surface area contributed by atoms with E-state index in [0.717, 1.165) is 19.4 Å². The molecule has 0 spiro atoms. The first-order chi connectivity index (χ1) is 38.6. The molecule has 1 heterocycles. The van der Waals surface area contributed by atoms with Crippen LogP contribution in [-0.2, 0) is 58.9 Å². The van der Waals surface area contributed by atoms with Crippen molar-refractivity contribution in [2.24, 2.45) is 16.7 Å². The molecule has 9 rings (SSSR count). The molecule has 422 valence electrons. The zero-order valence-corrected chi connectivity index (χ0v) is 45.3. The molecule has 5 aromatic rings. The highest BCUT2D eigenvalue weighted by atomic mass is 16.6. The number of aliphatic hydroxyl groups excluding tert-OH is 1. The molecule has 19 heteroatoms. The number of anilines is 1. The largest absolute Gasteiger partial charge is 0.458 e. The molecule has 4 N–H and O–H groups in total. The van der Waals surface area contributed by atoms with Gasteiger partial charge in [0.15, 0.2) is 23.6 Å².